The SMILES string of the molecule is O=C(CCNC(=O)C1(O)CCCC1)NCc1ccccc1. The largest absolute Gasteiger partial charge is 0.380 e. The van der Waals surface area contributed by atoms with Crippen LogP contribution in [0.2, 0.25) is 0 Å². The average molecular weight is 290 g/mol. The van der Waals surface area contributed by atoms with Crippen LogP contribution in [-0.4, -0.2) is 29.1 Å². The first-order valence-corrected chi connectivity index (χ1v) is 7.41. The van der Waals surface area contributed by atoms with Crippen molar-refractivity contribution in [2.45, 2.75) is 44.2 Å². The minimum atomic E-state index is -1.22. The van der Waals surface area contributed by atoms with E-state index in [1.807, 2.05) is 30.3 Å². The van der Waals surface area contributed by atoms with Gasteiger partial charge in [0.1, 0.15) is 5.60 Å². The second kappa shape index (κ2) is 7.22. The van der Waals surface area contributed by atoms with E-state index >= 15 is 0 Å². The maximum absolute atomic E-state index is 11.8. The molecule has 21 heavy (non-hydrogen) atoms. The van der Waals surface area contributed by atoms with Crippen LogP contribution in [0.15, 0.2) is 30.3 Å². The highest BCUT2D eigenvalue weighted by atomic mass is 16.3. The zero-order valence-corrected chi connectivity index (χ0v) is 12.1. The third-order valence-corrected chi connectivity index (χ3v) is 3.82. The Kier molecular flexibility index (Phi) is 5.33. The van der Waals surface area contributed by atoms with Gasteiger partial charge < -0.3 is 15.7 Å². The summed E-state index contributed by atoms with van der Waals surface area (Å²) in [5.74, 6) is -0.464. The molecule has 2 rings (SSSR count). The average Bonchev–Trinajstić information content (AvgIpc) is 2.94. The molecule has 0 saturated heterocycles. The molecular formula is C16H22N2O3. The topological polar surface area (TPSA) is 78.4 Å². The molecule has 0 aliphatic heterocycles. The summed E-state index contributed by atoms with van der Waals surface area (Å²) in [6.07, 6.45) is 3.00. The molecule has 1 saturated carbocycles. The van der Waals surface area contributed by atoms with Crippen molar-refractivity contribution in [2.75, 3.05) is 6.54 Å². The maximum atomic E-state index is 11.8. The van der Waals surface area contributed by atoms with E-state index in [2.05, 4.69) is 10.6 Å². The number of benzene rings is 1. The Morgan fingerprint density at radius 2 is 1.76 bits per heavy atom. The van der Waals surface area contributed by atoms with E-state index in [0.717, 1.165) is 18.4 Å². The van der Waals surface area contributed by atoms with Crippen molar-refractivity contribution in [1.29, 1.82) is 0 Å². The van der Waals surface area contributed by atoms with E-state index in [1.54, 1.807) is 0 Å². The van der Waals surface area contributed by atoms with E-state index in [-0.39, 0.29) is 24.8 Å². The summed E-state index contributed by atoms with van der Waals surface area (Å²) in [5, 5.41) is 15.5. The van der Waals surface area contributed by atoms with Gasteiger partial charge in [0.15, 0.2) is 0 Å². The highest BCUT2D eigenvalue weighted by Gasteiger charge is 2.38. The fourth-order valence-electron chi connectivity index (χ4n) is 2.53. The number of amides is 2. The Labute approximate surface area is 124 Å². The van der Waals surface area contributed by atoms with Crippen LogP contribution in [0.5, 0.6) is 0 Å². The molecule has 0 spiro atoms. The first-order valence-electron chi connectivity index (χ1n) is 7.41. The molecule has 5 nitrogen and oxygen atoms in total. The van der Waals surface area contributed by atoms with E-state index < -0.39 is 5.60 Å². The maximum Gasteiger partial charge on any atom is 0.251 e. The molecule has 1 aliphatic carbocycles. The summed E-state index contributed by atoms with van der Waals surface area (Å²) < 4.78 is 0. The molecule has 0 aromatic heterocycles. The molecule has 0 atom stereocenters. The lowest BCUT2D eigenvalue weighted by atomic mass is 10.0. The first-order chi connectivity index (χ1) is 10.1. The van der Waals surface area contributed by atoms with Crippen molar-refractivity contribution in [1.82, 2.24) is 10.6 Å². The van der Waals surface area contributed by atoms with E-state index in [4.69, 9.17) is 0 Å². The lowest BCUT2D eigenvalue weighted by molar-refractivity contribution is -0.139. The third kappa shape index (κ3) is 4.56. The van der Waals surface area contributed by atoms with Crippen molar-refractivity contribution in [3.63, 3.8) is 0 Å². The fourth-order valence-corrected chi connectivity index (χ4v) is 2.53. The molecular weight excluding hydrogens is 268 g/mol. The number of hydrogen-bond donors (Lipinski definition) is 3. The smallest absolute Gasteiger partial charge is 0.251 e. The van der Waals surface area contributed by atoms with Gasteiger partial charge in [-0.15, -0.1) is 0 Å². The second-order valence-corrected chi connectivity index (χ2v) is 5.51. The zero-order valence-electron chi connectivity index (χ0n) is 12.1. The number of nitrogens with one attached hydrogen (secondary N) is 2. The molecule has 3 N–H and O–H groups in total. The summed E-state index contributed by atoms with van der Waals surface area (Å²) in [4.78, 5) is 23.5. The van der Waals surface area contributed by atoms with E-state index in [0.29, 0.717) is 19.4 Å². The van der Waals surface area contributed by atoms with Gasteiger partial charge in [0, 0.05) is 19.5 Å². The first kappa shape index (κ1) is 15.5. The van der Waals surface area contributed by atoms with Gasteiger partial charge in [-0.25, -0.2) is 0 Å². The molecule has 0 unspecified atom stereocenters. The number of rotatable bonds is 6. The summed E-state index contributed by atoms with van der Waals surface area (Å²) in [6.45, 7) is 0.735. The number of aliphatic hydroxyl groups is 1. The monoisotopic (exact) mass is 290 g/mol. The van der Waals surface area contributed by atoms with Gasteiger partial charge in [-0.05, 0) is 31.2 Å². The Morgan fingerprint density at radius 3 is 2.43 bits per heavy atom. The van der Waals surface area contributed by atoms with Crippen LogP contribution >= 0.6 is 0 Å². The molecule has 5 heteroatoms. The number of carbonyl (C=O) groups excluding carboxylic acids is 2. The van der Waals surface area contributed by atoms with Crippen LogP contribution in [0.3, 0.4) is 0 Å². The lowest BCUT2D eigenvalue weighted by Crippen LogP contribution is -2.45. The molecule has 1 aliphatic rings. The molecule has 1 fully saturated rings. The van der Waals surface area contributed by atoms with Gasteiger partial charge in [0.05, 0.1) is 0 Å². The van der Waals surface area contributed by atoms with Crippen LogP contribution in [-0.2, 0) is 16.1 Å². The highest BCUT2D eigenvalue weighted by Crippen LogP contribution is 2.29. The quantitative estimate of drug-likeness (QED) is 0.734. The minimum absolute atomic E-state index is 0.113. The molecule has 0 radical (unpaired) electrons. The van der Waals surface area contributed by atoms with Crippen LogP contribution in [0, 0.1) is 0 Å². The van der Waals surface area contributed by atoms with Crippen molar-refractivity contribution in [3.8, 4) is 0 Å². The summed E-state index contributed by atoms with van der Waals surface area (Å²) >= 11 is 0. The third-order valence-electron chi connectivity index (χ3n) is 3.82. The van der Waals surface area contributed by atoms with Crippen LogP contribution < -0.4 is 10.6 Å². The molecule has 1 aromatic carbocycles. The molecule has 2 amide bonds. The van der Waals surface area contributed by atoms with Gasteiger partial charge in [0.2, 0.25) is 5.91 Å². The summed E-state index contributed by atoms with van der Waals surface area (Å²) in [7, 11) is 0. The van der Waals surface area contributed by atoms with Gasteiger partial charge >= 0.3 is 0 Å². The molecule has 0 bridgehead atoms. The molecule has 114 valence electrons. The van der Waals surface area contributed by atoms with E-state index in [9.17, 15) is 14.7 Å². The van der Waals surface area contributed by atoms with Crippen molar-refractivity contribution in [3.05, 3.63) is 35.9 Å². The van der Waals surface area contributed by atoms with Gasteiger partial charge in [-0.3, -0.25) is 9.59 Å². The Hall–Kier alpha value is -1.88. The zero-order chi connectivity index (χ0) is 15.1. The van der Waals surface area contributed by atoms with Crippen molar-refractivity contribution < 1.29 is 14.7 Å². The van der Waals surface area contributed by atoms with Gasteiger partial charge in [0.25, 0.3) is 5.91 Å². The summed E-state index contributed by atoms with van der Waals surface area (Å²) in [5.41, 5.74) is -0.185. The molecule has 1 aromatic rings. The Morgan fingerprint density at radius 1 is 1.10 bits per heavy atom. The van der Waals surface area contributed by atoms with Crippen molar-refractivity contribution >= 4 is 11.8 Å². The summed E-state index contributed by atoms with van der Waals surface area (Å²) in [6, 6.07) is 9.65. The van der Waals surface area contributed by atoms with Crippen LogP contribution in [0.1, 0.15) is 37.7 Å². The van der Waals surface area contributed by atoms with Crippen LogP contribution in [0.4, 0.5) is 0 Å². The van der Waals surface area contributed by atoms with Gasteiger partial charge in [-0.2, -0.15) is 0 Å². The second-order valence-electron chi connectivity index (χ2n) is 5.51. The fraction of sp³-hybridized carbons (Fsp3) is 0.500. The van der Waals surface area contributed by atoms with Crippen LogP contribution in [0.25, 0.3) is 0 Å². The Balaban J connectivity index is 1.64. The van der Waals surface area contributed by atoms with Gasteiger partial charge in [-0.1, -0.05) is 30.3 Å². The Bertz CT molecular complexity index is 482. The number of hydrogen-bond acceptors (Lipinski definition) is 3. The predicted octanol–water partition coefficient (Wildman–Crippen LogP) is 1.11. The normalized spacial score (nSPS) is 16.4. The lowest BCUT2D eigenvalue weighted by Gasteiger charge is -2.20. The minimum Gasteiger partial charge on any atom is -0.380 e. The highest BCUT2D eigenvalue weighted by molar-refractivity contribution is 5.85. The molecule has 0 heterocycles. The van der Waals surface area contributed by atoms with Crippen molar-refractivity contribution in [2.24, 2.45) is 0 Å². The standard InChI is InChI=1S/C16H22N2O3/c19-14(18-12-13-6-2-1-3-7-13)8-11-17-15(20)16(21)9-4-5-10-16/h1-3,6-7,21H,4-5,8-12H2,(H,17,20)(H,18,19). The number of carbonyl (C=O) groups is 2. The predicted molar refractivity (Wildman–Crippen MR) is 79.3 cm³/mol. The van der Waals surface area contributed by atoms with E-state index in [1.165, 1.54) is 0 Å².